The molecule has 2 rings (SSSR count). The van der Waals surface area contributed by atoms with Gasteiger partial charge < -0.3 is 20.1 Å². The van der Waals surface area contributed by atoms with E-state index in [1.807, 2.05) is 20.8 Å². The van der Waals surface area contributed by atoms with Gasteiger partial charge in [0.25, 0.3) is 0 Å². The number of rotatable bonds is 3. The van der Waals surface area contributed by atoms with E-state index < -0.39 is 11.6 Å². The van der Waals surface area contributed by atoms with Crippen molar-refractivity contribution >= 4 is 12.1 Å². The van der Waals surface area contributed by atoms with Crippen LogP contribution >= 0.6 is 0 Å². The highest BCUT2D eigenvalue weighted by atomic mass is 16.6. The minimum absolute atomic E-state index is 0.201. The van der Waals surface area contributed by atoms with E-state index in [1.165, 1.54) is 7.11 Å². The Kier molecular flexibility index (Phi) is 4.70. The molecular weight excluding hydrogens is 284 g/mol. The summed E-state index contributed by atoms with van der Waals surface area (Å²) in [5.74, 6) is -0.116. The van der Waals surface area contributed by atoms with E-state index in [1.54, 1.807) is 4.90 Å². The summed E-state index contributed by atoms with van der Waals surface area (Å²) >= 11 is 0. The van der Waals surface area contributed by atoms with Gasteiger partial charge in [0.05, 0.1) is 7.11 Å². The van der Waals surface area contributed by atoms with Crippen LogP contribution in [-0.4, -0.2) is 48.8 Å². The lowest BCUT2D eigenvalue weighted by Gasteiger charge is -2.39. The van der Waals surface area contributed by atoms with Crippen molar-refractivity contribution in [1.82, 2.24) is 4.90 Å². The molecule has 2 unspecified atom stereocenters. The van der Waals surface area contributed by atoms with Gasteiger partial charge in [0, 0.05) is 18.5 Å². The summed E-state index contributed by atoms with van der Waals surface area (Å²) < 4.78 is 10.3. The molecule has 2 N–H and O–H groups in total. The number of hydrogen-bond acceptors (Lipinski definition) is 5. The Balaban J connectivity index is 2.02. The van der Waals surface area contributed by atoms with Crippen molar-refractivity contribution in [2.75, 3.05) is 20.2 Å². The first-order valence-electron chi connectivity index (χ1n) is 8.01. The molecule has 2 atom stereocenters. The minimum Gasteiger partial charge on any atom is -0.468 e. The third-order valence-electron chi connectivity index (χ3n) is 4.79. The molecule has 1 saturated carbocycles. The first-order chi connectivity index (χ1) is 10.2. The average Bonchev–Trinajstić information content (AvgIpc) is 3.25. The molecule has 2 fully saturated rings. The number of nitrogens with zero attached hydrogens (tertiary/aromatic N) is 1. The molecule has 2 aliphatic rings. The third-order valence-corrected chi connectivity index (χ3v) is 4.79. The monoisotopic (exact) mass is 312 g/mol. The molecule has 0 aromatic heterocycles. The van der Waals surface area contributed by atoms with Crippen LogP contribution in [0.1, 0.15) is 46.5 Å². The number of carbonyl (C=O) groups is 2. The number of likely N-dealkylation sites (tertiary alicyclic amines) is 1. The number of ether oxygens (including phenoxy) is 2. The second-order valence-corrected chi connectivity index (χ2v) is 7.50. The van der Waals surface area contributed by atoms with Crippen molar-refractivity contribution in [3.8, 4) is 0 Å². The quantitative estimate of drug-likeness (QED) is 0.805. The Hall–Kier alpha value is -1.30. The van der Waals surface area contributed by atoms with Gasteiger partial charge in [-0.15, -0.1) is 0 Å². The maximum Gasteiger partial charge on any atom is 0.410 e. The SMILES string of the molecule is COC(=O)C(N)C1(C2CCCN(C(=O)OC(C)(C)C)C2)CC1. The van der Waals surface area contributed by atoms with Gasteiger partial charge in [-0.2, -0.15) is 0 Å². The number of carbonyl (C=O) groups excluding carboxylic acids is 2. The van der Waals surface area contributed by atoms with E-state index in [9.17, 15) is 9.59 Å². The standard InChI is InChI=1S/C16H28N2O4/c1-15(2,3)22-14(20)18-9-5-6-11(10-18)16(7-8-16)12(17)13(19)21-4/h11-12H,5-10,17H2,1-4H3. The van der Waals surface area contributed by atoms with Crippen LogP contribution in [0.25, 0.3) is 0 Å². The molecule has 0 aromatic carbocycles. The van der Waals surface area contributed by atoms with Crippen molar-refractivity contribution in [2.24, 2.45) is 17.1 Å². The second-order valence-electron chi connectivity index (χ2n) is 7.50. The largest absolute Gasteiger partial charge is 0.468 e. The number of nitrogens with two attached hydrogens (primary N) is 1. The maximum atomic E-state index is 12.2. The molecular formula is C16H28N2O4. The Morgan fingerprint density at radius 2 is 1.95 bits per heavy atom. The van der Waals surface area contributed by atoms with Crippen LogP contribution in [0.4, 0.5) is 4.79 Å². The van der Waals surface area contributed by atoms with E-state index in [-0.39, 0.29) is 23.4 Å². The summed E-state index contributed by atoms with van der Waals surface area (Å²) in [5.41, 5.74) is 5.42. The van der Waals surface area contributed by atoms with Gasteiger partial charge in [-0.25, -0.2) is 4.79 Å². The van der Waals surface area contributed by atoms with Gasteiger partial charge in [0.15, 0.2) is 0 Å². The third kappa shape index (κ3) is 3.54. The fraction of sp³-hybridized carbons (Fsp3) is 0.875. The first kappa shape index (κ1) is 17.1. The molecule has 1 heterocycles. The molecule has 6 nitrogen and oxygen atoms in total. The lowest BCUT2D eigenvalue weighted by Crippen LogP contribution is -2.50. The van der Waals surface area contributed by atoms with E-state index in [2.05, 4.69) is 0 Å². The van der Waals surface area contributed by atoms with E-state index in [4.69, 9.17) is 15.2 Å². The predicted molar refractivity (Wildman–Crippen MR) is 82.2 cm³/mol. The van der Waals surface area contributed by atoms with Crippen LogP contribution in [0, 0.1) is 11.3 Å². The van der Waals surface area contributed by atoms with Crippen LogP contribution < -0.4 is 5.73 Å². The van der Waals surface area contributed by atoms with Gasteiger partial charge in [0.1, 0.15) is 11.6 Å². The van der Waals surface area contributed by atoms with Gasteiger partial charge in [-0.1, -0.05) is 0 Å². The summed E-state index contributed by atoms with van der Waals surface area (Å²) in [6, 6.07) is -0.596. The van der Waals surface area contributed by atoms with Crippen LogP contribution in [0.15, 0.2) is 0 Å². The molecule has 6 heteroatoms. The molecule has 22 heavy (non-hydrogen) atoms. The normalized spacial score (nSPS) is 25.3. The molecule has 1 aliphatic carbocycles. The van der Waals surface area contributed by atoms with Gasteiger partial charge in [0.2, 0.25) is 0 Å². The van der Waals surface area contributed by atoms with Gasteiger partial charge >= 0.3 is 12.1 Å². The van der Waals surface area contributed by atoms with Crippen LogP contribution in [0.3, 0.4) is 0 Å². The van der Waals surface area contributed by atoms with E-state index in [0.29, 0.717) is 13.1 Å². The molecule has 0 spiro atoms. The second kappa shape index (κ2) is 6.07. The molecule has 0 bridgehead atoms. The highest BCUT2D eigenvalue weighted by Crippen LogP contribution is 2.56. The minimum atomic E-state index is -0.596. The van der Waals surface area contributed by atoms with Crippen molar-refractivity contribution in [1.29, 1.82) is 0 Å². The number of amides is 1. The van der Waals surface area contributed by atoms with E-state index >= 15 is 0 Å². The molecule has 1 amide bonds. The zero-order valence-electron chi connectivity index (χ0n) is 14.1. The fourth-order valence-corrected chi connectivity index (χ4v) is 3.42. The van der Waals surface area contributed by atoms with Gasteiger partial charge in [-0.05, 0) is 52.4 Å². The van der Waals surface area contributed by atoms with Crippen molar-refractivity contribution in [3.63, 3.8) is 0 Å². The van der Waals surface area contributed by atoms with Crippen LogP contribution in [0.2, 0.25) is 0 Å². The lowest BCUT2D eigenvalue weighted by molar-refractivity contribution is -0.144. The van der Waals surface area contributed by atoms with Gasteiger partial charge in [-0.3, -0.25) is 4.79 Å². The average molecular weight is 312 g/mol. The Labute approximate surface area is 132 Å². The molecule has 1 aliphatic heterocycles. The first-order valence-corrected chi connectivity index (χ1v) is 8.01. The van der Waals surface area contributed by atoms with Crippen LogP contribution in [0.5, 0.6) is 0 Å². The zero-order chi connectivity index (χ0) is 16.5. The molecule has 126 valence electrons. The number of esters is 1. The number of piperidine rings is 1. The topological polar surface area (TPSA) is 81.9 Å². The summed E-state index contributed by atoms with van der Waals surface area (Å²) in [5, 5.41) is 0. The summed E-state index contributed by atoms with van der Waals surface area (Å²) in [7, 11) is 1.37. The lowest BCUT2D eigenvalue weighted by atomic mass is 9.78. The summed E-state index contributed by atoms with van der Waals surface area (Å²) in [6.07, 6.45) is 3.48. The molecule has 0 radical (unpaired) electrons. The number of methoxy groups -OCH3 is 1. The predicted octanol–water partition coefficient (Wildman–Crippen LogP) is 1.91. The summed E-state index contributed by atoms with van der Waals surface area (Å²) in [4.78, 5) is 25.8. The maximum absolute atomic E-state index is 12.2. The molecule has 0 aromatic rings. The summed E-state index contributed by atoms with van der Waals surface area (Å²) in [6.45, 7) is 6.90. The van der Waals surface area contributed by atoms with Crippen molar-refractivity contribution in [3.05, 3.63) is 0 Å². The zero-order valence-corrected chi connectivity index (χ0v) is 14.1. The Bertz CT molecular complexity index is 440. The van der Waals surface area contributed by atoms with E-state index in [0.717, 1.165) is 25.7 Å². The van der Waals surface area contributed by atoms with Crippen LogP contribution in [-0.2, 0) is 14.3 Å². The Morgan fingerprint density at radius 1 is 1.32 bits per heavy atom. The highest BCUT2D eigenvalue weighted by Gasteiger charge is 2.57. The number of hydrogen-bond donors (Lipinski definition) is 1. The van der Waals surface area contributed by atoms with Crippen molar-refractivity contribution in [2.45, 2.75) is 58.1 Å². The smallest absolute Gasteiger partial charge is 0.410 e. The van der Waals surface area contributed by atoms with Crippen molar-refractivity contribution < 1.29 is 19.1 Å². The molecule has 1 saturated heterocycles. The fourth-order valence-electron chi connectivity index (χ4n) is 3.42. The highest BCUT2D eigenvalue weighted by molar-refractivity contribution is 5.77. The Morgan fingerprint density at radius 3 is 2.45 bits per heavy atom.